The fourth-order valence-electron chi connectivity index (χ4n) is 1.90. The molecule has 0 radical (unpaired) electrons. The normalized spacial score (nSPS) is 14.5. The summed E-state index contributed by atoms with van der Waals surface area (Å²) in [6, 6.07) is 9.61. The van der Waals surface area contributed by atoms with E-state index in [1.807, 2.05) is 71.9 Å². The van der Waals surface area contributed by atoms with Crippen molar-refractivity contribution in [2.75, 3.05) is 13.2 Å². The van der Waals surface area contributed by atoms with Gasteiger partial charge in [0.05, 0.1) is 6.10 Å². The second kappa shape index (κ2) is 18.7. The fourth-order valence-corrected chi connectivity index (χ4v) is 1.90. The van der Waals surface area contributed by atoms with Crippen molar-refractivity contribution in [3.05, 3.63) is 59.8 Å². The summed E-state index contributed by atoms with van der Waals surface area (Å²) < 4.78 is 10.6. The van der Waals surface area contributed by atoms with Crippen molar-refractivity contribution in [1.29, 1.82) is 0 Å². The summed E-state index contributed by atoms with van der Waals surface area (Å²) >= 11 is 0. The molecule has 0 bridgehead atoms. The predicted octanol–water partition coefficient (Wildman–Crippen LogP) is 5.65. The van der Waals surface area contributed by atoms with Gasteiger partial charge in [0.25, 0.3) is 0 Å². The van der Waals surface area contributed by atoms with Crippen molar-refractivity contribution < 1.29 is 14.3 Å². The Morgan fingerprint density at radius 3 is 2.22 bits per heavy atom. The van der Waals surface area contributed by atoms with Gasteiger partial charge in [0.15, 0.2) is 0 Å². The van der Waals surface area contributed by atoms with E-state index in [2.05, 4.69) is 11.9 Å². The van der Waals surface area contributed by atoms with Gasteiger partial charge in [0, 0.05) is 24.4 Å². The van der Waals surface area contributed by atoms with E-state index in [1.54, 1.807) is 13.0 Å². The molecule has 1 atom stereocenters. The average molecular weight is 378 g/mol. The number of hydrogen-bond acceptors (Lipinski definition) is 4. The Morgan fingerprint density at radius 1 is 1.19 bits per heavy atom. The van der Waals surface area contributed by atoms with Gasteiger partial charge >= 0.3 is 5.97 Å². The first kappa shape index (κ1) is 27.2. The third-order valence-electron chi connectivity index (χ3n) is 3.28. The first-order chi connectivity index (χ1) is 13.1. The number of esters is 1. The van der Waals surface area contributed by atoms with Crippen LogP contribution in [0.4, 0.5) is 0 Å². The standard InChI is InChI=1S/C17H21NO3.3C2H6/c1-13(10-14(2)18-11-16-8-9-20-16)17(19)21-12-15-6-4-3-5-7-15;3*1-2/h3-7,10,16,18H,2,8-9,11-12H2,1H3;3*1-2H3/b13-10+;;;. The van der Waals surface area contributed by atoms with Crippen molar-refractivity contribution in [3.63, 3.8) is 0 Å². The molecule has 1 aromatic rings. The summed E-state index contributed by atoms with van der Waals surface area (Å²) in [5.74, 6) is -0.332. The lowest BCUT2D eigenvalue weighted by Gasteiger charge is -2.26. The Labute approximate surface area is 166 Å². The first-order valence-electron chi connectivity index (χ1n) is 10.1. The van der Waals surface area contributed by atoms with Gasteiger partial charge in [0.1, 0.15) is 6.61 Å². The van der Waals surface area contributed by atoms with Gasteiger partial charge in [-0.1, -0.05) is 78.5 Å². The summed E-state index contributed by atoms with van der Waals surface area (Å²) in [7, 11) is 0. The highest BCUT2D eigenvalue weighted by Crippen LogP contribution is 2.10. The van der Waals surface area contributed by atoms with Crippen molar-refractivity contribution in [1.82, 2.24) is 5.32 Å². The van der Waals surface area contributed by atoms with Crippen LogP contribution in [0.2, 0.25) is 0 Å². The van der Waals surface area contributed by atoms with E-state index in [1.165, 1.54) is 0 Å². The van der Waals surface area contributed by atoms with Crippen LogP contribution in [0, 0.1) is 0 Å². The molecule has 1 saturated heterocycles. The van der Waals surface area contributed by atoms with Gasteiger partial charge in [-0.3, -0.25) is 0 Å². The molecule has 1 aliphatic rings. The summed E-state index contributed by atoms with van der Waals surface area (Å²) in [6.07, 6.45) is 3.04. The van der Waals surface area contributed by atoms with Crippen molar-refractivity contribution in [2.45, 2.75) is 67.6 Å². The van der Waals surface area contributed by atoms with E-state index in [0.29, 0.717) is 11.3 Å². The molecule has 0 amide bonds. The number of ether oxygens (including phenoxy) is 2. The zero-order chi connectivity index (χ0) is 21.1. The second-order valence-electron chi connectivity index (χ2n) is 5.08. The summed E-state index contributed by atoms with van der Waals surface area (Å²) in [6.45, 7) is 19.4. The van der Waals surface area contributed by atoms with Gasteiger partial charge in [-0.05, 0) is 25.0 Å². The lowest BCUT2D eigenvalue weighted by Crippen LogP contribution is -2.36. The molecule has 0 aliphatic carbocycles. The lowest BCUT2D eigenvalue weighted by molar-refractivity contribution is -0.140. The van der Waals surface area contributed by atoms with Crippen molar-refractivity contribution >= 4 is 5.97 Å². The smallest absolute Gasteiger partial charge is 0.334 e. The molecule has 1 N–H and O–H groups in total. The Hall–Kier alpha value is -2.07. The molecular formula is C23H39NO3. The summed E-state index contributed by atoms with van der Waals surface area (Å²) in [5.41, 5.74) is 2.19. The highest BCUT2D eigenvalue weighted by atomic mass is 16.5. The van der Waals surface area contributed by atoms with Crippen LogP contribution in [-0.2, 0) is 20.9 Å². The summed E-state index contributed by atoms with van der Waals surface area (Å²) in [5, 5.41) is 3.14. The van der Waals surface area contributed by atoms with Crippen molar-refractivity contribution in [3.8, 4) is 0 Å². The molecule has 0 aromatic heterocycles. The number of carbonyl (C=O) groups is 1. The molecule has 1 aliphatic heterocycles. The zero-order valence-corrected chi connectivity index (χ0v) is 18.3. The highest BCUT2D eigenvalue weighted by Gasteiger charge is 2.17. The van der Waals surface area contributed by atoms with Crippen LogP contribution in [0.15, 0.2) is 54.3 Å². The van der Waals surface area contributed by atoms with Gasteiger partial charge in [-0.25, -0.2) is 4.79 Å². The van der Waals surface area contributed by atoms with Gasteiger partial charge in [0.2, 0.25) is 0 Å². The van der Waals surface area contributed by atoms with Crippen LogP contribution >= 0.6 is 0 Å². The molecular weight excluding hydrogens is 338 g/mol. The molecule has 1 aromatic carbocycles. The molecule has 2 rings (SSSR count). The Kier molecular flexibility index (Phi) is 18.8. The molecule has 154 valence electrons. The number of allylic oxidation sites excluding steroid dienone is 1. The molecule has 1 heterocycles. The van der Waals surface area contributed by atoms with Gasteiger partial charge < -0.3 is 14.8 Å². The van der Waals surface area contributed by atoms with Gasteiger partial charge in [-0.15, -0.1) is 0 Å². The molecule has 1 fully saturated rings. The number of rotatable bonds is 7. The highest BCUT2D eigenvalue weighted by molar-refractivity contribution is 5.88. The van der Waals surface area contributed by atoms with Crippen LogP contribution in [0.5, 0.6) is 0 Å². The average Bonchev–Trinajstić information content (AvgIpc) is 2.70. The van der Waals surface area contributed by atoms with Crippen LogP contribution < -0.4 is 5.32 Å². The zero-order valence-electron chi connectivity index (χ0n) is 18.3. The fraction of sp³-hybridized carbons (Fsp3) is 0.522. The minimum absolute atomic E-state index is 0.264. The first-order valence-corrected chi connectivity index (χ1v) is 10.1. The molecule has 4 heteroatoms. The SMILES string of the molecule is C=C(/C=C(\C)C(=O)OCc1ccccc1)NCC1CCO1.CC.CC.CC. The maximum atomic E-state index is 11.9. The lowest BCUT2D eigenvalue weighted by atomic mass is 10.2. The summed E-state index contributed by atoms with van der Waals surface area (Å²) in [4.78, 5) is 11.9. The topological polar surface area (TPSA) is 47.6 Å². The van der Waals surface area contributed by atoms with Crippen LogP contribution in [0.25, 0.3) is 0 Å². The van der Waals surface area contributed by atoms with Gasteiger partial charge in [-0.2, -0.15) is 0 Å². The van der Waals surface area contributed by atoms with Crippen molar-refractivity contribution in [2.24, 2.45) is 0 Å². The Bertz CT molecular complexity index is 520. The minimum atomic E-state index is -0.332. The number of carbonyl (C=O) groups excluding carboxylic acids is 1. The van der Waals surface area contributed by atoms with Crippen LogP contribution in [0.3, 0.4) is 0 Å². The largest absolute Gasteiger partial charge is 0.457 e. The monoisotopic (exact) mass is 377 g/mol. The number of nitrogens with one attached hydrogen (secondary N) is 1. The third kappa shape index (κ3) is 12.8. The van der Waals surface area contributed by atoms with Crippen LogP contribution in [0.1, 0.15) is 60.5 Å². The van der Waals surface area contributed by atoms with E-state index < -0.39 is 0 Å². The van der Waals surface area contributed by atoms with E-state index in [-0.39, 0.29) is 18.7 Å². The molecule has 0 saturated carbocycles. The maximum absolute atomic E-state index is 11.9. The quantitative estimate of drug-likeness (QED) is 0.379. The molecule has 0 spiro atoms. The minimum Gasteiger partial charge on any atom is -0.457 e. The Balaban J connectivity index is 0. The third-order valence-corrected chi connectivity index (χ3v) is 3.28. The molecule has 1 unspecified atom stereocenters. The second-order valence-corrected chi connectivity index (χ2v) is 5.08. The van der Waals surface area contributed by atoms with E-state index in [9.17, 15) is 4.79 Å². The maximum Gasteiger partial charge on any atom is 0.334 e. The predicted molar refractivity (Wildman–Crippen MR) is 116 cm³/mol. The van der Waals surface area contributed by atoms with Crippen LogP contribution in [-0.4, -0.2) is 25.2 Å². The van der Waals surface area contributed by atoms with E-state index in [4.69, 9.17) is 9.47 Å². The number of benzene rings is 1. The Morgan fingerprint density at radius 2 is 1.74 bits per heavy atom. The number of hydrogen-bond donors (Lipinski definition) is 1. The van der Waals surface area contributed by atoms with E-state index >= 15 is 0 Å². The van der Waals surface area contributed by atoms with E-state index in [0.717, 1.165) is 25.1 Å². The molecule has 4 nitrogen and oxygen atoms in total. The molecule has 27 heavy (non-hydrogen) atoms.